The van der Waals surface area contributed by atoms with E-state index in [1.54, 1.807) is 0 Å². The number of halogens is 3. The van der Waals surface area contributed by atoms with Crippen LogP contribution in [0.25, 0.3) is 0 Å². The maximum absolute atomic E-state index is 13.6. The van der Waals surface area contributed by atoms with Crippen molar-refractivity contribution in [2.75, 3.05) is 32.7 Å². The molecule has 1 heterocycles. The van der Waals surface area contributed by atoms with Crippen molar-refractivity contribution in [3.05, 3.63) is 35.4 Å². The molecule has 1 aliphatic rings. The number of aliphatic imine (C=N–C) groups is 1. The average Bonchev–Trinajstić information content (AvgIpc) is 3.01. The number of hydrogen-bond acceptors (Lipinski definition) is 2. The van der Waals surface area contributed by atoms with E-state index in [4.69, 9.17) is 0 Å². The van der Waals surface area contributed by atoms with Crippen molar-refractivity contribution in [1.29, 1.82) is 0 Å². The van der Waals surface area contributed by atoms with Crippen LogP contribution in [0.5, 0.6) is 0 Å². The number of likely N-dealkylation sites (tertiary alicyclic amines) is 1. The minimum absolute atomic E-state index is 0. The first-order chi connectivity index (χ1) is 11.1. The van der Waals surface area contributed by atoms with E-state index in [0.29, 0.717) is 11.9 Å². The Bertz CT molecular complexity index is 539. The topological polar surface area (TPSA) is 39.7 Å². The Morgan fingerprint density at radius 2 is 2.08 bits per heavy atom. The van der Waals surface area contributed by atoms with Crippen LogP contribution in [0.2, 0.25) is 0 Å². The molecule has 7 heteroatoms. The Kier molecular flexibility index (Phi) is 9.50. The molecule has 1 fully saturated rings. The lowest BCUT2D eigenvalue weighted by atomic mass is 10.1. The van der Waals surface area contributed by atoms with Gasteiger partial charge in [0.25, 0.3) is 0 Å². The van der Waals surface area contributed by atoms with Crippen LogP contribution in [-0.4, -0.2) is 43.6 Å². The quantitative estimate of drug-likeness (QED) is 0.396. The second-order valence-electron chi connectivity index (χ2n) is 5.86. The largest absolute Gasteiger partial charge is 0.357 e. The Labute approximate surface area is 160 Å². The summed E-state index contributed by atoms with van der Waals surface area (Å²) in [6.07, 6.45) is 1.18. The van der Waals surface area contributed by atoms with Gasteiger partial charge in [-0.25, -0.2) is 13.8 Å². The molecule has 2 N–H and O–H groups in total. The molecule has 136 valence electrons. The van der Waals surface area contributed by atoms with E-state index >= 15 is 0 Å². The van der Waals surface area contributed by atoms with Gasteiger partial charge in [-0.3, -0.25) is 0 Å². The first-order valence-corrected chi connectivity index (χ1v) is 8.30. The second-order valence-corrected chi connectivity index (χ2v) is 5.86. The number of benzene rings is 1. The summed E-state index contributed by atoms with van der Waals surface area (Å²) in [5.74, 6) is 0.372. The molecule has 1 atom stereocenters. The second kappa shape index (κ2) is 10.8. The van der Waals surface area contributed by atoms with Crippen LogP contribution in [0.3, 0.4) is 0 Å². The highest BCUT2D eigenvalue weighted by Gasteiger charge is 2.20. The van der Waals surface area contributed by atoms with E-state index in [0.717, 1.165) is 44.9 Å². The van der Waals surface area contributed by atoms with E-state index in [2.05, 4.69) is 27.4 Å². The van der Waals surface area contributed by atoms with Crippen LogP contribution in [0.1, 0.15) is 25.8 Å². The molecule has 0 saturated carbocycles. The summed E-state index contributed by atoms with van der Waals surface area (Å²) in [4.78, 5) is 6.79. The highest BCUT2D eigenvalue weighted by Crippen LogP contribution is 2.14. The van der Waals surface area contributed by atoms with Crippen LogP contribution in [0.4, 0.5) is 8.78 Å². The fraction of sp³-hybridized carbons (Fsp3) is 0.588. The van der Waals surface area contributed by atoms with E-state index < -0.39 is 11.6 Å². The van der Waals surface area contributed by atoms with E-state index in [1.165, 1.54) is 12.5 Å². The first kappa shape index (κ1) is 21.1. The average molecular weight is 452 g/mol. The maximum Gasteiger partial charge on any atom is 0.191 e. The smallest absolute Gasteiger partial charge is 0.191 e. The van der Waals surface area contributed by atoms with Gasteiger partial charge in [0.05, 0.1) is 6.54 Å². The maximum atomic E-state index is 13.6. The molecule has 1 aromatic carbocycles. The molecule has 24 heavy (non-hydrogen) atoms. The SMILES string of the molecule is CCNC(=NCc1cc(F)ccc1F)NCC1CCN(CC)C1.I. The summed E-state index contributed by atoms with van der Waals surface area (Å²) in [6.45, 7) is 9.17. The fourth-order valence-electron chi connectivity index (χ4n) is 2.78. The third-order valence-electron chi connectivity index (χ3n) is 4.13. The molecule has 1 aliphatic heterocycles. The Balaban J connectivity index is 0.00000288. The summed E-state index contributed by atoms with van der Waals surface area (Å²) in [6, 6.07) is 3.45. The van der Waals surface area contributed by atoms with Crippen molar-refractivity contribution in [2.45, 2.75) is 26.8 Å². The van der Waals surface area contributed by atoms with Gasteiger partial charge in [0.2, 0.25) is 0 Å². The number of guanidine groups is 1. The zero-order valence-corrected chi connectivity index (χ0v) is 16.6. The predicted octanol–water partition coefficient (Wildman–Crippen LogP) is 2.98. The molecule has 0 amide bonds. The van der Waals surface area contributed by atoms with Gasteiger partial charge in [0.15, 0.2) is 5.96 Å². The van der Waals surface area contributed by atoms with Crippen molar-refractivity contribution >= 4 is 29.9 Å². The summed E-state index contributed by atoms with van der Waals surface area (Å²) in [5, 5.41) is 6.45. The molecule has 0 aliphatic carbocycles. The highest BCUT2D eigenvalue weighted by molar-refractivity contribution is 14.0. The Morgan fingerprint density at radius 3 is 2.75 bits per heavy atom. The molecular weight excluding hydrogens is 425 g/mol. The van der Waals surface area contributed by atoms with Crippen LogP contribution in [0, 0.1) is 17.6 Å². The minimum Gasteiger partial charge on any atom is -0.357 e. The molecule has 0 radical (unpaired) electrons. The zero-order valence-electron chi connectivity index (χ0n) is 14.3. The van der Waals surface area contributed by atoms with Crippen molar-refractivity contribution < 1.29 is 8.78 Å². The highest BCUT2D eigenvalue weighted by atomic mass is 127. The van der Waals surface area contributed by atoms with Crippen molar-refractivity contribution in [3.8, 4) is 0 Å². The summed E-state index contributed by atoms with van der Waals surface area (Å²) in [7, 11) is 0. The van der Waals surface area contributed by atoms with Gasteiger partial charge >= 0.3 is 0 Å². The fourth-order valence-corrected chi connectivity index (χ4v) is 2.78. The van der Waals surface area contributed by atoms with Crippen molar-refractivity contribution in [2.24, 2.45) is 10.9 Å². The third-order valence-corrected chi connectivity index (χ3v) is 4.13. The van der Waals surface area contributed by atoms with Gasteiger partial charge in [0.1, 0.15) is 11.6 Å². The van der Waals surface area contributed by atoms with E-state index in [9.17, 15) is 8.78 Å². The molecule has 1 aromatic rings. The number of nitrogens with one attached hydrogen (secondary N) is 2. The summed E-state index contributed by atoms with van der Waals surface area (Å²) in [5.41, 5.74) is 0.264. The van der Waals surface area contributed by atoms with Crippen LogP contribution in [0.15, 0.2) is 23.2 Å². The Hall–Kier alpha value is -0.960. The standard InChI is InChI=1S/C17H26F2N4.HI/c1-3-20-17(21-10-13-7-8-23(4-2)12-13)22-11-14-9-15(18)5-6-16(14)19;/h5-6,9,13H,3-4,7-8,10-12H2,1-2H3,(H2,20,21,22);1H. The molecule has 0 bridgehead atoms. The van der Waals surface area contributed by atoms with Crippen LogP contribution in [-0.2, 0) is 6.54 Å². The van der Waals surface area contributed by atoms with Gasteiger partial charge in [-0.15, -0.1) is 24.0 Å². The number of rotatable bonds is 6. The predicted molar refractivity (Wildman–Crippen MR) is 105 cm³/mol. The summed E-state index contributed by atoms with van der Waals surface area (Å²) >= 11 is 0. The number of hydrogen-bond donors (Lipinski definition) is 2. The van der Waals surface area contributed by atoms with Crippen LogP contribution < -0.4 is 10.6 Å². The molecule has 0 spiro atoms. The lowest BCUT2D eigenvalue weighted by molar-refractivity contribution is 0.342. The third kappa shape index (κ3) is 6.51. The Morgan fingerprint density at radius 1 is 1.29 bits per heavy atom. The zero-order chi connectivity index (χ0) is 16.7. The molecule has 4 nitrogen and oxygen atoms in total. The van der Waals surface area contributed by atoms with Crippen LogP contribution >= 0.6 is 24.0 Å². The summed E-state index contributed by atoms with van der Waals surface area (Å²) < 4.78 is 26.8. The van der Waals surface area contributed by atoms with Crippen molar-refractivity contribution in [3.63, 3.8) is 0 Å². The number of nitrogens with zero attached hydrogens (tertiary/aromatic N) is 2. The first-order valence-electron chi connectivity index (χ1n) is 8.30. The van der Waals surface area contributed by atoms with Gasteiger partial charge in [-0.05, 0) is 50.6 Å². The minimum atomic E-state index is -0.444. The monoisotopic (exact) mass is 452 g/mol. The molecule has 2 rings (SSSR count). The lowest BCUT2D eigenvalue weighted by Crippen LogP contribution is -2.40. The molecule has 1 unspecified atom stereocenters. The van der Waals surface area contributed by atoms with Gasteiger partial charge in [0, 0.05) is 25.2 Å². The molecule has 1 saturated heterocycles. The van der Waals surface area contributed by atoms with E-state index in [1.807, 2.05) is 6.92 Å². The van der Waals surface area contributed by atoms with Gasteiger partial charge in [-0.2, -0.15) is 0 Å². The van der Waals surface area contributed by atoms with Gasteiger partial charge in [-0.1, -0.05) is 6.92 Å². The van der Waals surface area contributed by atoms with Crippen molar-refractivity contribution in [1.82, 2.24) is 15.5 Å². The van der Waals surface area contributed by atoms with E-state index in [-0.39, 0.29) is 36.1 Å². The van der Waals surface area contributed by atoms with Gasteiger partial charge < -0.3 is 15.5 Å². The lowest BCUT2D eigenvalue weighted by Gasteiger charge is -2.16. The molecular formula is C17H27F2IN4. The molecule has 0 aromatic heterocycles. The normalized spacial score (nSPS) is 18.3.